The highest BCUT2D eigenvalue weighted by Gasteiger charge is 2.23. The first kappa shape index (κ1) is 21.7. The summed E-state index contributed by atoms with van der Waals surface area (Å²) < 4.78 is 5.03. The van der Waals surface area contributed by atoms with Gasteiger partial charge in [0.15, 0.2) is 0 Å². The summed E-state index contributed by atoms with van der Waals surface area (Å²) in [6.45, 7) is 7.31. The molecule has 1 saturated heterocycles. The predicted molar refractivity (Wildman–Crippen MR) is 115 cm³/mol. The maximum absolute atomic E-state index is 12.8. The van der Waals surface area contributed by atoms with E-state index in [4.69, 9.17) is 9.72 Å². The van der Waals surface area contributed by atoms with Crippen LogP contribution in [0.3, 0.4) is 0 Å². The highest BCUT2D eigenvalue weighted by Crippen LogP contribution is 2.25. The first-order valence-electron chi connectivity index (χ1n) is 10.2. The smallest absolute Gasteiger partial charge is 0.255 e. The molecule has 30 heavy (non-hydrogen) atoms. The molecule has 0 saturated carbocycles. The Morgan fingerprint density at radius 2 is 1.97 bits per heavy atom. The molecule has 1 aromatic carbocycles. The molecule has 160 valence electrons. The van der Waals surface area contributed by atoms with Gasteiger partial charge in [-0.2, -0.15) is 0 Å². The number of hydrogen-bond acceptors (Lipinski definition) is 6. The zero-order chi connectivity index (χ0) is 21.5. The van der Waals surface area contributed by atoms with Crippen molar-refractivity contribution >= 4 is 17.8 Å². The second kappa shape index (κ2) is 10.2. The highest BCUT2D eigenvalue weighted by atomic mass is 16.5. The number of rotatable bonds is 7. The predicted octanol–water partition coefficient (Wildman–Crippen LogP) is 1.89. The Bertz CT molecular complexity index is 894. The van der Waals surface area contributed by atoms with Crippen LogP contribution in [-0.2, 0) is 9.53 Å². The number of aryl methyl sites for hydroxylation is 1. The van der Waals surface area contributed by atoms with Gasteiger partial charge in [-0.15, -0.1) is 0 Å². The summed E-state index contributed by atoms with van der Waals surface area (Å²) in [6, 6.07) is 7.94. The van der Waals surface area contributed by atoms with Gasteiger partial charge in [-0.3, -0.25) is 9.59 Å². The second-order valence-corrected chi connectivity index (χ2v) is 7.40. The van der Waals surface area contributed by atoms with Gasteiger partial charge in [-0.05, 0) is 19.4 Å². The van der Waals surface area contributed by atoms with Crippen molar-refractivity contribution in [2.24, 2.45) is 0 Å². The Morgan fingerprint density at radius 3 is 2.63 bits per heavy atom. The summed E-state index contributed by atoms with van der Waals surface area (Å²) in [6.07, 6.45) is 2.34. The molecule has 8 heteroatoms. The molecule has 1 aliphatic rings. The topological polar surface area (TPSA) is 87.7 Å². The number of ether oxygens (including phenoxy) is 1. The van der Waals surface area contributed by atoms with Crippen LogP contribution in [-0.4, -0.2) is 73.1 Å². The fourth-order valence-electron chi connectivity index (χ4n) is 3.44. The molecule has 2 amide bonds. The number of carbonyl (C=O) groups excluding carboxylic acids is 2. The van der Waals surface area contributed by atoms with Crippen LogP contribution in [0, 0.1) is 6.92 Å². The Labute approximate surface area is 177 Å². The Morgan fingerprint density at radius 1 is 1.20 bits per heavy atom. The summed E-state index contributed by atoms with van der Waals surface area (Å²) in [7, 11) is 1.64. The third-order valence-electron chi connectivity index (χ3n) is 5.13. The van der Waals surface area contributed by atoms with Crippen molar-refractivity contribution in [1.29, 1.82) is 0 Å². The van der Waals surface area contributed by atoms with Gasteiger partial charge in [0.2, 0.25) is 11.9 Å². The van der Waals surface area contributed by atoms with E-state index in [0.29, 0.717) is 56.5 Å². The van der Waals surface area contributed by atoms with Gasteiger partial charge in [-0.25, -0.2) is 9.97 Å². The third-order valence-corrected chi connectivity index (χ3v) is 5.13. The summed E-state index contributed by atoms with van der Waals surface area (Å²) in [4.78, 5) is 37.5. The fourth-order valence-corrected chi connectivity index (χ4v) is 3.44. The van der Waals surface area contributed by atoms with Gasteiger partial charge in [-0.1, -0.05) is 23.8 Å². The fraction of sp³-hybridized carbons (Fsp3) is 0.455. The number of methoxy groups -OCH3 is 1. The lowest BCUT2D eigenvalue weighted by atomic mass is 10.0. The molecule has 0 unspecified atom stereocenters. The number of hydrogen-bond donors (Lipinski definition) is 1. The van der Waals surface area contributed by atoms with E-state index in [1.54, 1.807) is 20.2 Å². The van der Waals surface area contributed by atoms with E-state index in [2.05, 4.69) is 15.2 Å². The highest BCUT2D eigenvalue weighted by molar-refractivity contribution is 5.99. The van der Waals surface area contributed by atoms with E-state index in [1.807, 2.05) is 36.1 Å². The van der Waals surface area contributed by atoms with Crippen molar-refractivity contribution in [3.8, 4) is 11.3 Å². The average molecular weight is 412 g/mol. The van der Waals surface area contributed by atoms with E-state index in [0.717, 1.165) is 17.5 Å². The number of nitrogens with zero attached hydrogens (tertiary/aromatic N) is 4. The maximum atomic E-state index is 12.8. The minimum atomic E-state index is -0.199. The SMILES string of the molecule is COCCCNC(=O)c1cnc(N2CCN(C(C)=O)CC2)nc1-c1cccc(C)c1. The molecular formula is C22H29N5O3. The van der Waals surface area contributed by atoms with E-state index in [-0.39, 0.29) is 11.8 Å². The summed E-state index contributed by atoms with van der Waals surface area (Å²) in [5, 5.41) is 2.92. The average Bonchev–Trinajstić information content (AvgIpc) is 2.76. The normalized spacial score (nSPS) is 14.0. The molecule has 0 bridgehead atoms. The lowest BCUT2D eigenvalue weighted by Crippen LogP contribution is -2.48. The van der Waals surface area contributed by atoms with Crippen LogP contribution >= 0.6 is 0 Å². The van der Waals surface area contributed by atoms with Crippen molar-refractivity contribution in [3.63, 3.8) is 0 Å². The number of benzene rings is 1. The quantitative estimate of drug-likeness (QED) is 0.700. The zero-order valence-electron chi connectivity index (χ0n) is 17.9. The molecule has 0 atom stereocenters. The van der Waals surface area contributed by atoms with Gasteiger partial charge >= 0.3 is 0 Å². The van der Waals surface area contributed by atoms with Crippen molar-refractivity contribution in [1.82, 2.24) is 20.2 Å². The maximum Gasteiger partial charge on any atom is 0.255 e. The molecular weight excluding hydrogens is 382 g/mol. The van der Waals surface area contributed by atoms with Crippen molar-refractivity contribution < 1.29 is 14.3 Å². The summed E-state index contributed by atoms with van der Waals surface area (Å²) in [5.41, 5.74) is 3.03. The summed E-state index contributed by atoms with van der Waals surface area (Å²) >= 11 is 0. The minimum Gasteiger partial charge on any atom is -0.385 e. The first-order valence-corrected chi connectivity index (χ1v) is 10.2. The molecule has 2 heterocycles. The van der Waals surface area contributed by atoms with Crippen LogP contribution in [0.25, 0.3) is 11.3 Å². The molecule has 0 aliphatic carbocycles. The van der Waals surface area contributed by atoms with Gasteiger partial charge in [0.25, 0.3) is 5.91 Å². The molecule has 8 nitrogen and oxygen atoms in total. The number of carbonyl (C=O) groups is 2. The van der Waals surface area contributed by atoms with Crippen LogP contribution in [0.5, 0.6) is 0 Å². The lowest BCUT2D eigenvalue weighted by molar-refractivity contribution is -0.129. The molecule has 1 aromatic heterocycles. The number of piperazine rings is 1. The largest absolute Gasteiger partial charge is 0.385 e. The Balaban J connectivity index is 1.86. The van der Waals surface area contributed by atoms with Crippen molar-refractivity contribution in [2.75, 3.05) is 51.3 Å². The molecule has 1 N–H and O–H groups in total. The molecule has 2 aromatic rings. The monoisotopic (exact) mass is 411 g/mol. The number of amides is 2. The standard InChI is InChI=1S/C22H29N5O3/c1-16-6-4-7-18(14-16)20-19(21(29)23-8-5-13-30-3)15-24-22(25-20)27-11-9-26(10-12-27)17(2)28/h4,6-7,14-15H,5,8-13H2,1-3H3,(H,23,29). The first-order chi connectivity index (χ1) is 14.5. The Hall–Kier alpha value is -3.00. The van der Waals surface area contributed by atoms with Crippen LogP contribution in [0.2, 0.25) is 0 Å². The van der Waals surface area contributed by atoms with Crippen molar-refractivity contribution in [2.45, 2.75) is 20.3 Å². The summed E-state index contributed by atoms with van der Waals surface area (Å²) in [5.74, 6) is 0.456. The van der Waals surface area contributed by atoms with Crippen LogP contribution in [0.15, 0.2) is 30.5 Å². The molecule has 3 rings (SSSR count). The van der Waals surface area contributed by atoms with Gasteiger partial charge in [0.1, 0.15) is 0 Å². The Kier molecular flexibility index (Phi) is 7.35. The zero-order valence-corrected chi connectivity index (χ0v) is 17.9. The van der Waals surface area contributed by atoms with Crippen molar-refractivity contribution in [3.05, 3.63) is 41.6 Å². The second-order valence-electron chi connectivity index (χ2n) is 7.40. The lowest BCUT2D eigenvalue weighted by Gasteiger charge is -2.34. The number of nitrogens with one attached hydrogen (secondary N) is 1. The van der Waals surface area contributed by atoms with E-state index < -0.39 is 0 Å². The van der Waals surface area contributed by atoms with Gasteiger partial charge < -0.3 is 19.9 Å². The molecule has 0 spiro atoms. The van der Waals surface area contributed by atoms with E-state index in [9.17, 15) is 9.59 Å². The van der Waals surface area contributed by atoms with Gasteiger partial charge in [0, 0.05) is 65.1 Å². The molecule has 0 radical (unpaired) electrons. The van der Waals surface area contributed by atoms with Crippen LogP contribution < -0.4 is 10.2 Å². The van der Waals surface area contributed by atoms with Crippen LogP contribution in [0.4, 0.5) is 5.95 Å². The number of anilines is 1. The molecule has 1 aliphatic heterocycles. The minimum absolute atomic E-state index is 0.0801. The molecule has 1 fully saturated rings. The number of aromatic nitrogens is 2. The third kappa shape index (κ3) is 5.33. The van der Waals surface area contributed by atoms with Gasteiger partial charge in [0.05, 0.1) is 11.3 Å². The van der Waals surface area contributed by atoms with E-state index >= 15 is 0 Å². The van der Waals surface area contributed by atoms with Crippen LogP contribution in [0.1, 0.15) is 29.3 Å². The van der Waals surface area contributed by atoms with E-state index in [1.165, 1.54) is 0 Å².